The SMILES string of the molecule is O=C(c1ccoc1)N1CC2(CC(N3CCCC3)CO2)C1. The zero-order valence-corrected chi connectivity index (χ0v) is 11.6. The summed E-state index contributed by atoms with van der Waals surface area (Å²) in [5.74, 6) is 0.0533. The molecule has 1 amide bonds. The Morgan fingerprint density at radius 3 is 2.80 bits per heavy atom. The normalized spacial score (nSPS) is 29.0. The molecule has 0 N–H and O–H groups in total. The van der Waals surface area contributed by atoms with Gasteiger partial charge in [0.15, 0.2) is 0 Å². The van der Waals surface area contributed by atoms with Gasteiger partial charge in [-0.15, -0.1) is 0 Å². The third-order valence-corrected chi connectivity index (χ3v) is 4.86. The van der Waals surface area contributed by atoms with Gasteiger partial charge >= 0.3 is 0 Å². The van der Waals surface area contributed by atoms with Gasteiger partial charge in [0.2, 0.25) is 0 Å². The van der Waals surface area contributed by atoms with Crippen molar-refractivity contribution in [3.8, 4) is 0 Å². The number of rotatable bonds is 2. The Morgan fingerprint density at radius 1 is 1.30 bits per heavy atom. The Labute approximate surface area is 118 Å². The first kappa shape index (κ1) is 12.4. The highest BCUT2D eigenvalue weighted by atomic mass is 16.5. The van der Waals surface area contributed by atoms with Crippen LogP contribution in [0.4, 0.5) is 0 Å². The first-order valence-corrected chi connectivity index (χ1v) is 7.45. The van der Waals surface area contributed by atoms with E-state index >= 15 is 0 Å². The number of hydrogen-bond acceptors (Lipinski definition) is 4. The Morgan fingerprint density at radius 2 is 2.10 bits per heavy atom. The second kappa shape index (κ2) is 4.60. The molecule has 0 aromatic carbocycles. The summed E-state index contributed by atoms with van der Waals surface area (Å²) in [5.41, 5.74) is 0.557. The van der Waals surface area contributed by atoms with Gasteiger partial charge in [-0.05, 0) is 38.4 Å². The standard InChI is InChI=1S/C15H20N2O3/c18-14(12-3-6-19-8-12)17-10-15(11-17)7-13(9-20-15)16-4-1-2-5-16/h3,6,8,13H,1-2,4-5,7,9-11H2. The van der Waals surface area contributed by atoms with Crippen molar-refractivity contribution >= 4 is 5.91 Å². The van der Waals surface area contributed by atoms with Crippen LogP contribution in [0.3, 0.4) is 0 Å². The van der Waals surface area contributed by atoms with Gasteiger partial charge in [0.25, 0.3) is 5.91 Å². The Balaban J connectivity index is 1.35. The van der Waals surface area contributed by atoms with Gasteiger partial charge in [-0.3, -0.25) is 9.69 Å². The molecule has 4 rings (SSSR count). The second-order valence-electron chi connectivity index (χ2n) is 6.27. The van der Waals surface area contributed by atoms with E-state index in [9.17, 15) is 4.79 Å². The van der Waals surface area contributed by atoms with Gasteiger partial charge < -0.3 is 14.1 Å². The maximum atomic E-state index is 12.2. The fraction of sp³-hybridized carbons (Fsp3) is 0.667. The van der Waals surface area contributed by atoms with Crippen LogP contribution in [0.15, 0.2) is 23.0 Å². The summed E-state index contributed by atoms with van der Waals surface area (Å²) in [6, 6.07) is 2.28. The number of ether oxygens (including phenoxy) is 1. The summed E-state index contributed by atoms with van der Waals surface area (Å²) in [6.07, 6.45) is 6.75. The van der Waals surface area contributed by atoms with Crippen molar-refractivity contribution in [1.82, 2.24) is 9.80 Å². The monoisotopic (exact) mass is 276 g/mol. The molecule has 3 aliphatic rings. The Kier molecular flexibility index (Phi) is 2.86. The molecule has 1 atom stereocenters. The molecule has 4 heterocycles. The van der Waals surface area contributed by atoms with Crippen LogP contribution in [0.25, 0.3) is 0 Å². The van der Waals surface area contributed by atoms with Crippen molar-refractivity contribution in [2.75, 3.05) is 32.8 Å². The van der Waals surface area contributed by atoms with Crippen LogP contribution in [-0.4, -0.2) is 60.1 Å². The molecular formula is C15H20N2O3. The lowest BCUT2D eigenvalue weighted by atomic mass is 9.88. The Hall–Kier alpha value is -1.33. The summed E-state index contributed by atoms with van der Waals surface area (Å²) in [4.78, 5) is 16.6. The molecule has 1 aromatic rings. The predicted molar refractivity (Wildman–Crippen MR) is 72.5 cm³/mol. The molecule has 1 spiro atoms. The fourth-order valence-electron chi connectivity index (χ4n) is 3.74. The van der Waals surface area contributed by atoms with E-state index in [1.54, 1.807) is 6.07 Å². The minimum atomic E-state index is -0.0767. The molecule has 0 radical (unpaired) electrons. The molecule has 3 aliphatic heterocycles. The van der Waals surface area contributed by atoms with E-state index in [4.69, 9.17) is 9.15 Å². The highest BCUT2D eigenvalue weighted by molar-refractivity contribution is 5.94. The first-order chi connectivity index (χ1) is 9.76. The van der Waals surface area contributed by atoms with E-state index in [0.29, 0.717) is 11.6 Å². The second-order valence-corrected chi connectivity index (χ2v) is 6.27. The van der Waals surface area contributed by atoms with Gasteiger partial charge in [-0.25, -0.2) is 0 Å². The molecule has 5 nitrogen and oxygen atoms in total. The lowest BCUT2D eigenvalue weighted by Crippen LogP contribution is -2.63. The zero-order valence-electron chi connectivity index (χ0n) is 11.6. The summed E-state index contributed by atoms with van der Waals surface area (Å²) < 4.78 is 11.0. The predicted octanol–water partition coefficient (Wildman–Crippen LogP) is 1.36. The minimum Gasteiger partial charge on any atom is -0.472 e. The summed E-state index contributed by atoms with van der Waals surface area (Å²) in [6.45, 7) is 4.69. The molecule has 108 valence electrons. The highest BCUT2D eigenvalue weighted by Crippen LogP contribution is 2.38. The summed E-state index contributed by atoms with van der Waals surface area (Å²) in [7, 11) is 0. The molecule has 1 aromatic heterocycles. The van der Waals surface area contributed by atoms with Crippen molar-refractivity contribution in [3.05, 3.63) is 24.2 Å². The van der Waals surface area contributed by atoms with Crippen LogP contribution in [-0.2, 0) is 4.74 Å². The van der Waals surface area contributed by atoms with Gasteiger partial charge in [-0.2, -0.15) is 0 Å². The van der Waals surface area contributed by atoms with Gasteiger partial charge in [0.05, 0.1) is 31.5 Å². The van der Waals surface area contributed by atoms with Crippen LogP contribution in [0.5, 0.6) is 0 Å². The molecule has 3 saturated heterocycles. The zero-order chi connectivity index (χ0) is 13.6. The summed E-state index contributed by atoms with van der Waals surface area (Å²) in [5, 5.41) is 0. The maximum absolute atomic E-state index is 12.2. The topological polar surface area (TPSA) is 45.9 Å². The van der Waals surface area contributed by atoms with Crippen LogP contribution in [0, 0.1) is 0 Å². The quantitative estimate of drug-likeness (QED) is 0.818. The number of amides is 1. The van der Waals surface area contributed by atoms with Gasteiger partial charge in [0.1, 0.15) is 11.9 Å². The van der Waals surface area contributed by atoms with E-state index in [1.165, 1.54) is 38.5 Å². The smallest absolute Gasteiger partial charge is 0.257 e. The van der Waals surface area contributed by atoms with Gasteiger partial charge in [0, 0.05) is 6.04 Å². The van der Waals surface area contributed by atoms with Crippen LogP contribution in [0.1, 0.15) is 29.6 Å². The van der Waals surface area contributed by atoms with Crippen molar-refractivity contribution in [1.29, 1.82) is 0 Å². The maximum Gasteiger partial charge on any atom is 0.257 e. The van der Waals surface area contributed by atoms with Crippen LogP contribution < -0.4 is 0 Å². The minimum absolute atomic E-state index is 0.0533. The molecule has 0 saturated carbocycles. The van der Waals surface area contributed by atoms with E-state index in [2.05, 4.69) is 4.90 Å². The third kappa shape index (κ3) is 1.96. The van der Waals surface area contributed by atoms with Crippen molar-refractivity contribution < 1.29 is 13.9 Å². The number of nitrogens with zero attached hydrogens (tertiary/aromatic N) is 2. The molecule has 0 bridgehead atoms. The molecule has 5 heteroatoms. The average Bonchev–Trinajstić information content (AvgIpc) is 3.14. The lowest BCUT2D eigenvalue weighted by molar-refractivity contribution is -0.0950. The number of carbonyl (C=O) groups excluding carboxylic acids is 1. The number of hydrogen-bond donors (Lipinski definition) is 0. The largest absolute Gasteiger partial charge is 0.472 e. The van der Waals surface area contributed by atoms with Crippen LogP contribution >= 0.6 is 0 Å². The molecule has 20 heavy (non-hydrogen) atoms. The van der Waals surface area contributed by atoms with E-state index < -0.39 is 0 Å². The molecule has 0 aliphatic carbocycles. The average molecular weight is 276 g/mol. The number of furan rings is 1. The fourth-order valence-corrected chi connectivity index (χ4v) is 3.74. The van der Waals surface area contributed by atoms with Crippen molar-refractivity contribution in [3.63, 3.8) is 0 Å². The number of likely N-dealkylation sites (tertiary alicyclic amines) is 2. The van der Waals surface area contributed by atoms with Gasteiger partial charge in [-0.1, -0.05) is 0 Å². The Bertz CT molecular complexity index is 487. The van der Waals surface area contributed by atoms with Crippen molar-refractivity contribution in [2.45, 2.75) is 30.9 Å². The lowest BCUT2D eigenvalue weighted by Gasteiger charge is -2.47. The van der Waals surface area contributed by atoms with E-state index in [1.807, 2.05) is 4.90 Å². The highest BCUT2D eigenvalue weighted by Gasteiger charge is 2.52. The van der Waals surface area contributed by atoms with E-state index in [-0.39, 0.29) is 11.5 Å². The van der Waals surface area contributed by atoms with Crippen molar-refractivity contribution in [2.24, 2.45) is 0 Å². The van der Waals surface area contributed by atoms with E-state index in [0.717, 1.165) is 26.1 Å². The van der Waals surface area contributed by atoms with Crippen LogP contribution in [0.2, 0.25) is 0 Å². The molecule has 3 fully saturated rings. The first-order valence-electron chi connectivity index (χ1n) is 7.45. The molecule has 1 unspecified atom stereocenters. The summed E-state index contributed by atoms with van der Waals surface area (Å²) >= 11 is 0. The molecular weight excluding hydrogens is 256 g/mol. The third-order valence-electron chi connectivity index (χ3n) is 4.86. The number of carbonyl (C=O) groups is 1.